The number of fused-ring (bicyclic) bond motifs is 3. The summed E-state index contributed by atoms with van der Waals surface area (Å²) in [7, 11) is 0. The summed E-state index contributed by atoms with van der Waals surface area (Å²) < 4.78 is 0. The van der Waals surface area contributed by atoms with Gasteiger partial charge in [0.25, 0.3) is 0 Å². The van der Waals surface area contributed by atoms with Gasteiger partial charge in [0.15, 0.2) is 21.7 Å². The lowest BCUT2D eigenvalue weighted by molar-refractivity contribution is 1.56. The zero-order chi connectivity index (χ0) is 31.4. The molecule has 8 rings (SSSR count). The normalized spacial score (nSPS) is 11.4. The second-order valence-corrected chi connectivity index (χ2v) is 11.3. The third kappa shape index (κ3) is 4.08. The first-order chi connectivity index (χ1) is 22.5. The van der Waals surface area contributed by atoms with Gasteiger partial charge in [-0.1, -0.05) is 121 Å². The first kappa shape index (κ1) is 27.3. The van der Waals surface area contributed by atoms with Crippen LogP contribution in [0.15, 0.2) is 165 Å². The van der Waals surface area contributed by atoms with Crippen molar-refractivity contribution < 1.29 is 0 Å². The lowest BCUT2D eigenvalue weighted by Crippen LogP contribution is -2.15. The monoisotopic (exact) mass is 592 g/mol. The molecule has 0 aromatic heterocycles. The minimum absolute atomic E-state index is 0.284. The molecule has 0 aliphatic rings. The van der Waals surface area contributed by atoms with Crippen LogP contribution in [0.1, 0.15) is 0 Å². The summed E-state index contributed by atoms with van der Waals surface area (Å²) in [5.74, 6) is 0. The van der Waals surface area contributed by atoms with E-state index in [-0.39, 0.29) is 43.3 Å². The summed E-state index contributed by atoms with van der Waals surface area (Å²) in [5, 5.41) is 2.41. The molecule has 0 unspecified atom stereocenters. The highest BCUT2D eigenvalue weighted by atomic mass is 16.1. The van der Waals surface area contributed by atoms with Crippen molar-refractivity contribution in [1.82, 2.24) is 0 Å². The number of rotatable bonds is 4. The number of benzene rings is 8. The van der Waals surface area contributed by atoms with E-state index >= 15 is 0 Å². The Bertz CT molecular complexity index is 2300. The Morgan fingerprint density at radius 3 is 0.609 bits per heavy atom. The molecule has 8 aromatic carbocycles. The Kier molecular flexibility index (Phi) is 6.36. The van der Waals surface area contributed by atoms with Gasteiger partial charge in [-0.15, -0.1) is 0 Å². The fourth-order valence-corrected chi connectivity index (χ4v) is 6.95. The van der Waals surface area contributed by atoms with Crippen LogP contribution in [0.25, 0.3) is 76.8 Å². The maximum absolute atomic E-state index is 14.1. The maximum atomic E-state index is 14.1. The third-order valence-corrected chi connectivity index (χ3v) is 8.76. The molecule has 0 saturated carbocycles. The molecule has 0 aliphatic heterocycles. The Hall–Kier alpha value is -6.26. The van der Waals surface area contributed by atoms with Crippen molar-refractivity contribution in [3.8, 4) is 44.5 Å². The summed E-state index contributed by atoms with van der Waals surface area (Å²) in [4.78, 5) is 56.4. The lowest BCUT2D eigenvalue weighted by atomic mass is 9.77. The smallest absolute Gasteiger partial charge is 0.187 e. The van der Waals surface area contributed by atoms with Crippen molar-refractivity contribution >= 4 is 32.3 Å². The van der Waals surface area contributed by atoms with E-state index in [9.17, 15) is 19.2 Å². The van der Waals surface area contributed by atoms with Crippen molar-refractivity contribution in [1.29, 1.82) is 0 Å². The van der Waals surface area contributed by atoms with Gasteiger partial charge in [0.2, 0.25) is 0 Å². The topological polar surface area (TPSA) is 68.3 Å². The zero-order valence-electron chi connectivity index (χ0n) is 24.5. The maximum Gasteiger partial charge on any atom is 0.187 e. The first-order valence-electron chi connectivity index (χ1n) is 15.0. The molecule has 0 spiro atoms. The molecule has 8 aromatic rings. The van der Waals surface area contributed by atoms with Crippen LogP contribution < -0.4 is 21.7 Å². The van der Waals surface area contributed by atoms with E-state index in [0.29, 0.717) is 33.0 Å². The SMILES string of the molecule is O=c1ccc(=O)c2c(-c3ccccc3)c3c(-c4ccccc4)c4c(=O)ccc(=O)c4c(-c4ccccc4)c3c(-c3ccccc3)c12. The molecule has 4 nitrogen and oxygen atoms in total. The second kappa shape index (κ2) is 10.7. The summed E-state index contributed by atoms with van der Waals surface area (Å²) in [6, 6.07) is 43.3. The number of hydrogen-bond acceptors (Lipinski definition) is 4. The van der Waals surface area contributed by atoms with Gasteiger partial charge in [-0.05, 0) is 46.5 Å². The summed E-state index contributed by atoms with van der Waals surface area (Å²) in [5.41, 5.74) is 3.93. The molecule has 0 N–H and O–H groups in total. The fraction of sp³-hybridized carbons (Fsp3) is 0. The molecule has 0 aliphatic carbocycles. The summed E-state index contributed by atoms with van der Waals surface area (Å²) >= 11 is 0. The van der Waals surface area contributed by atoms with Crippen LogP contribution in [0, 0.1) is 0 Å². The summed E-state index contributed by atoms with van der Waals surface area (Å²) in [6.45, 7) is 0. The van der Waals surface area contributed by atoms with E-state index in [1.165, 1.54) is 24.3 Å². The lowest BCUT2D eigenvalue weighted by Gasteiger charge is -2.24. The van der Waals surface area contributed by atoms with E-state index in [2.05, 4.69) is 0 Å². The molecular formula is C42H24O4. The van der Waals surface area contributed by atoms with Crippen molar-refractivity contribution in [2.24, 2.45) is 0 Å². The average Bonchev–Trinajstić information content (AvgIpc) is 3.11. The first-order valence-corrected chi connectivity index (χ1v) is 15.0. The predicted octanol–water partition coefficient (Wildman–Crippen LogP) is 8.13. The molecule has 0 radical (unpaired) electrons. The van der Waals surface area contributed by atoms with Gasteiger partial charge < -0.3 is 0 Å². The van der Waals surface area contributed by atoms with E-state index < -0.39 is 0 Å². The summed E-state index contributed by atoms with van der Waals surface area (Å²) in [6.07, 6.45) is 0. The molecule has 0 amide bonds. The van der Waals surface area contributed by atoms with Gasteiger partial charge in [0.05, 0.1) is 0 Å². The predicted molar refractivity (Wildman–Crippen MR) is 188 cm³/mol. The standard InChI is InChI=1S/C42H24O4/c43-29-21-22-30(44)38-35(27-17-9-3-10-18-27)42-36(28-19-11-4-12-20-28)40-32(46)24-23-31(45)39(40)34(26-15-7-2-8-16-26)41(42)33(37(29)38)25-13-5-1-6-14-25/h1-24H. The van der Waals surface area contributed by atoms with Crippen LogP contribution in [0.5, 0.6) is 0 Å². The minimum Gasteiger partial charge on any atom is -0.289 e. The van der Waals surface area contributed by atoms with Gasteiger partial charge in [-0.25, -0.2) is 0 Å². The van der Waals surface area contributed by atoms with Crippen LogP contribution in [0.4, 0.5) is 0 Å². The van der Waals surface area contributed by atoms with Crippen LogP contribution in [-0.2, 0) is 0 Å². The molecule has 0 bridgehead atoms. The molecule has 0 fully saturated rings. The number of hydrogen-bond donors (Lipinski definition) is 0. The van der Waals surface area contributed by atoms with E-state index in [0.717, 1.165) is 22.3 Å². The highest BCUT2D eigenvalue weighted by molar-refractivity contribution is 6.33. The molecule has 0 saturated heterocycles. The van der Waals surface area contributed by atoms with Gasteiger partial charge in [-0.3, -0.25) is 19.2 Å². The second-order valence-electron chi connectivity index (χ2n) is 11.3. The van der Waals surface area contributed by atoms with Crippen LogP contribution in [0.2, 0.25) is 0 Å². The molecule has 4 heteroatoms. The molecular weight excluding hydrogens is 568 g/mol. The average molecular weight is 593 g/mol. The van der Waals surface area contributed by atoms with E-state index in [4.69, 9.17) is 0 Å². The fourth-order valence-electron chi connectivity index (χ4n) is 6.95. The van der Waals surface area contributed by atoms with Gasteiger partial charge in [0, 0.05) is 54.6 Å². The van der Waals surface area contributed by atoms with Crippen LogP contribution >= 0.6 is 0 Å². The van der Waals surface area contributed by atoms with E-state index in [1.807, 2.05) is 121 Å². The van der Waals surface area contributed by atoms with Crippen molar-refractivity contribution in [3.05, 3.63) is 186 Å². The molecule has 216 valence electrons. The van der Waals surface area contributed by atoms with E-state index in [1.54, 1.807) is 0 Å². The van der Waals surface area contributed by atoms with Gasteiger partial charge in [-0.2, -0.15) is 0 Å². The molecule has 0 heterocycles. The largest absolute Gasteiger partial charge is 0.289 e. The minimum atomic E-state index is -0.298. The Labute approximate surface area is 262 Å². The Morgan fingerprint density at radius 2 is 0.413 bits per heavy atom. The zero-order valence-corrected chi connectivity index (χ0v) is 24.5. The van der Waals surface area contributed by atoms with Gasteiger partial charge >= 0.3 is 0 Å². The Balaban J connectivity index is 1.88. The van der Waals surface area contributed by atoms with Gasteiger partial charge in [0.1, 0.15) is 0 Å². The van der Waals surface area contributed by atoms with Crippen molar-refractivity contribution in [2.45, 2.75) is 0 Å². The molecule has 0 atom stereocenters. The highest BCUT2D eigenvalue weighted by Crippen LogP contribution is 2.51. The highest BCUT2D eigenvalue weighted by Gasteiger charge is 2.29. The van der Waals surface area contributed by atoms with Crippen molar-refractivity contribution in [2.75, 3.05) is 0 Å². The van der Waals surface area contributed by atoms with Crippen LogP contribution in [0.3, 0.4) is 0 Å². The van der Waals surface area contributed by atoms with Crippen molar-refractivity contribution in [3.63, 3.8) is 0 Å². The Morgan fingerprint density at radius 1 is 0.217 bits per heavy atom. The quantitative estimate of drug-likeness (QED) is 0.194. The van der Waals surface area contributed by atoms with Crippen LogP contribution in [-0.4, -0.2) is 0 Å². The third-order valence-electron chi connectivity index (χ3n) is 8.76. The molecule has 46 heavy (non-hydrogen) atoms.